The van der Waals surface area contributed by atoms with Crippen LogP contribution in [0.15, 0.2) is 48.5 Å². The van der Waals surface area contributed by atoms with Gasteiger partial charge in [0.1, 0.15) is 0 Å². The highest BCUT2D eigenvalue weighted by atomic mass is 32.2. The lowest BCUT2D eigenvalue weighted by molar-refractivity contribution is 0.0916. The van der Waals surface area contributed by atoms with Gasteiger partial charge in [0.15, 0.2) is 0 Å². The van der Waals surface area contributed by atoms with Crippen LogP contribution in [-0.4, -0.2) is 38.3 Å². The second-order valence-electron chi connectivity index (χ2n) is 6.37. The van der Waals surface area contributed by atoms with Gasteiger partial charge in [-0.2, -0.15) is 0 Å². The Bertz CT molecular complexity index is 894. The molecule has 0 spiro atoms. The number of aryl methyl sites for hydroxylation is 1. The summed E-state index contributed by atoms with van der Waals surface area (Å²) in [5.74, 6) is -0.153. The lowest BCUT2D eigenvalue weighted by Gasteiger charge is -2.17. The van der Waals surface area contributed by atoms with Crippen molar-refractivity contribution >= 4 is 21.6 Å². The first-order valence-corrected chi connectivity index (χ1v) is 10.1. The Morgan fingerprint density at radius 1 is 1.19 bits per heavy atom. The lowest BCUT2D eigenvalue weighted by atomic mass is 10.0. The van der Waals surface area contributed by atoms with Gasteiger partial charge in [-0.05, 0) is 48.7 Å². The van der Waals surface area contributed by atoms with Crippen LogP contribution in [0, 0.1) is 6.92 Å². The Kier molecular flexibility index (Phi) is 5.29. The third kappa shape index (κ3) is 3.89. The van der Waals surface area contributed by atoms with Gasteiger partial charge in [0, 0.05) is 18.7 Å². The zero-order valence-corrected chi connectivity index (χ0v) is 15.4. The van der Waals surface area contributed by atoms with Crippen LogP contribution in [-0.2, 0) is 10.0 Å². The van der Waals surface area contributed by atoms with Crippen LogP contribution in [0.2, 0.25) is 0 Å². The highest BCUT2D eigenvalue weighted by Gasteiger charge is 2.28. The minimum atomic E-state index is -3.23. The van der Waals surface area contributed by atoms with Gasteiger partial charge < -0.3 is 10.4 Å². The van der Waals surface area contributed by atoms with Crippen molar-refractivity contribution in [3.05, 3.63) is 65.2 Å². The van der Waals surface area contributed by atoms with Crippen molar-refractivity contribution in [2.45, 2.75) is 19.4 Å². The quantitative estimate of drug-likeness (QED) is 0.838. The number of benzene rings is 2. The molecule has 1 unspecified atom stereocenters. The normalized spacial score (nSPS) is 17.1. The van der Waals surface area contributed by atoms with E-state index in [1.165, 1.54) is 4.31 Å². The Balaban J connectivity index is 1.63. The molecular formula is C19H22N2O4S. The number of carbonyl (C=O) groups excluding carboxylic acids is 1. The largest absolute Gasteiger partial charge is 0.387 e. The van der Waals surface area contributed by atoms with Gasteiger partial charge in [-0.25, -0.2) is 8.42 Å². The molecule has 138 valence electrons. The molecule has 2 aromatic carbocycles. The van der Waals surface area contributed by atoms with E-state index in [1.807, 2.05) is 31.2 Å². The summed E-state index contributed by atoms with van der Waals surface area (Å²) in [4.78, 5) is 12.3. The minimum absolute atomic E-state index is 0.103. The molecule has 1 atom stereocenters. The summed E-state index contributed by atoms with van der Waals surface area (Å²) in [5, 5.41) is 13.0. The maximum atomic E-state index is 12.3. The summed E-state index contributed by atoms with van der Waals surface area (Å²) in [6.07, 6.45) is -0.171. The first-order chi connectivity index (χ1) is 12.4. The number of aliphatic hydroxyl groups is 1. The van der Waals surface area contributed by atoms with Crippen molar-refractivity contribution in [1.29, 1.82) is 0 Å². The number of sulfonamides is 1. The first kappa shape index (κ1) is 18.4. The molecule has 1 aliphatic rings. The van der Waals surface area contributed by atoms with Gasteiger partial charge in [0.25, 0.3) is 5.91 Å². The second kappa shape index (κ2) is 7.47. The van der Waals surface area contributed by atoms with E-state index in [-0.39, 0.29) is 18.2 Å². The number of nitrogens with zero attached hydrogens (tertiary/aromatic N) is 1. The number of nitrogens with one attached hydrogen (secondary N) is 1. The molecule has 0 radical (unpaired) electrons. The molecule has 7 heteroatoms. The van der Waals surface area contributed by atoms with Crippen LogP contribution in [0.3, 0.4) is 0 Å². The van der Waals surface area contributed by atoms with Crippen LogP contribution in [0.5, 0.6) is 0 Å². The van der Waals surface area contributed by atoms with Crippen LogP contribution >= 0.6 is 0 Å². The molecule has 1 aliphatic heterocycles. The third-order valence-electron chi connectivity index (χ3n) is 4.52. The van der Waals surface area contributed by atoms with Crippen LogP contribution in [0.25, 0.3) is 0 Å². The van der Waals surface area contributed by atoms with E-state index in [0.717, 1.165) is 11.1 Å². The number of hydrogen-bond donors (Lipinski definition) is 2. The van der Waals surface area contributed by atoms with Crippen LogP contribution < -0.4 is 9.62 Å². The second-order valence-corrected chi connectivity index (χ2v) is 8.38. The maximum absolute atomic E-state index is 12.3. The van der Waals surface area contributed by atoms with Gasteiger partial charge in [0.05, 0.1) is 17.5 Å². The van der Waals surface area contributed by atoms with Crippen LogP contribution in [0.1, 0.15) is 34.0 Å². The number of hydrogen-bond acceptors (Lipinski definition) is 4. The third-order valence-corrected chi connectivity index (χ3v) is 6.39. The first-order valence-electron chi connectivity index (χ1n) is 8.51. The summed E-state index contributed by atoms with van der Waals surface area (Å²) >= 11 is 0. The van der Waals surface area contributed by atoms with Gasteiger partial charge in [-0.3, -0.25) is 9.10 Å². The van der Waals surface area contributed by atoms with Crippen molar-refractivity contribution in [3.8, 4) is 0 Å². The Hall–Kier alpha value is -2.38. The maximum Gasteiger partial charge on any atom is 0.251 e. The van der Waals surface area contributed by atoms with Gasteiger partial charge in [-0.1, -0.05) is 24.3 Å². The zero-order valence-electron chi connectivity index (χ0n) is 14.6. The Morgan fingerprint density at radius 3 is 2.50 bits per heavy atom. The van der Waals surface area contributed by atoms with Gasteiger partial charge in [-0.15, -0.1) is 0 Å². The van der Waals surface area contributed by atoms with Crippen LogP contribution in [0.4, 0.5) is 5.69 Å². The lowest BCUT2D eigenvalue weighted by Crippen LogP contribution is -2.29. The summed E-state index contributed by atoms with van der Waals surface area (Å²) < 4.78 is 25.3. The molecule has 0 aliphatic carbocycles. The van der Waals surface area contributed by atoms with E-state index in [2.05, 4.69) is 5.32 Å². The molecule has 26 heavy (non-hydrogen) atoms. The fourth-order valence-electron chi connectivity index (χ4n) is 3.07. The summed E-state index contributed by atoms with van der Waals surface area (Å²) in [6.45, 7) is 2.48. The zero-order chi connectivity index (χ0) is 18.7. The highest BCUT2D eigenvalue weighted by Crippen LogP contribution is 2.24. The number of anilines is 1. The van der Waals surface area contributed by atoms with Crippen molar-refractivity contribution in [2.24, 2.45) is 0 Å². The number of amides is 1. The Labute approximate surface area is 153 Å². The molecule has 0 saturated carbocycles. The summed E-state index contributed by atoms with van der Waals surface area (Å²) in [5.41, 5.74) is 2.73. The smallest absolute Gasteiger partial charge is 0.251 e. The number of rotatable bonds is 5. The minimum Gasteiger partial charge on any atom is -0.387 e. The predicted molar refractivity (Wildman–Crippen MR) is 101 cm³/mol. The fourth-order valence-corrected chi connectivity index (χ4v) is 4.64. The number of aliphatic hydroxyl groups excluding tert-OH is 1. The molecule has 2 aromatic rings. The van der Waals surface area contributed by atoms with Crippen molar-refractivity contribution in [3.63, 3.8) is 0 Å². The number of carbonyl (C=O) groups is 1. The molecule has 0 bridgehead atoms. The van der Waals surface area contributed by atoms with Gasteiger partial charge >= 0.3 is 0 Å². The Morgan fingerprint density at radius 2 is 1.88 bits per heavy atom. The topological polar surface area (TPSA) is 86.7 Å². The van der Waals surface area contributed by atoms with Gasteiger partial charge in [0.2, 0.25) is 10.0 Å². The molecule has 0 aromatic heterocycles. The molecule has 3 rings (SSSR count). The average Bonchev–Trinajstić information content (AvgIpc) is 2.99. The SMILES string of the molecule is Cc1ccccc1C(O)CNC(=O)c1ccc(N2CCCS2(=O)=O)cc1. The molecule has 1 saturated heterocycles. The van der Waals surface area contributed by atoms with Crippen molar-refractivity contribution < 1.29 is 18.3 Å². The van der Waals surface area contributed by atoms with Crippen molar-refractivity contribution in [2.75, 3.05) is 23.1 Å². The molecule has 2 N–H and O–H groups in total. The monoisotopic (exact) mass is 374 g/mol. The van der Waals surface area contributed by atoms with E-state index in [4.69, 9.17) is 0 Å². The molecule has 1 amide bonds. The van der Waals surface area contributed by atoms with Crippen molar-refractivity contribution in [1.82, 2.24) is 5.32 Å². The fraction of sp³-hybridized carbons (Fsp3) is 0.316. The van der Waals surface area contributed by atoms with E-state index in [9.17, 15) is 18.3 Å². The predicted octanol–water partition coefficient (Wildman–Crippen LogP) is 2.00. The average molecular weight is 374 g/mol. The highest BCUT2D eigenvalue weighted by molar-refractivity contribution is 7.93. The summed E-state index contributed by atoms with van der Waals surface area (Å²) in [6, 6.07) is 13.9. The molecule has 6 nitrogen and oxygen atoms in total. The standard InChI is InChI=1S/C19H22N2O4S/c1-14-5-2-3-6-17(14)18(22)13-20-19(23)15-7-9-16(10-8-15)21-11-4-12-26(21,24)25/h2-3,5-10,18,22H,4,11-13H2,1H3,(H,20,23). The van der Waals surface area contributed by atoms with E-state index in [0.29, 0.717) is 24.2 Å². The molecular weight excluding hydrogens is 352 g/mol. The summed E-state index contributed by atoms with van der Waals surface area (Å²) in [7, 11) is -3.23. The van der Waals surface area contributed by atoms with E-state index < -0.39 is 16.1 Å². The van der Waals surface area contributed by atoms with E-state index in [1.54, 1.807) is 24.3 Å². The molecule has 1 fully saturated rings. The molecule has 1 heterocycles. The van der Waals surface area contributed by atoms with E-state index >= 15 is 0 Å².